The Kier molecular flexibility index (Phi) is 7.71. The highest BCUT2D eigenvalue weighted by atomic mass is 16.6. The fourth-order valence-corrected chi connectivity index (χ4v) is 4.14. The molecule has 4 rings (SSSR count). The lowest BCUT2D eigenvalue weighted by molar-refractivity contribution is -0.0241. The first-order valence-corrected chi connectivity index (χ1v) is 11.4. The maximum Gasteiger partial charge on any atom is 0.410 e. The maximum absolute atomic E-state index is 13.1. The van der Waals surface area contributed by atoms with Gasteiger partial charge in [0.2, 0.25) is 0 Å². The molecule has 6 heteroatoms. The Labute approximate surface area is 199 Å². The summed E-state index contributed by atoms with van der Waals surface area (Å²) in [4.78, 5) is 40.4. The van der Waals surface area contributed by atoms with E-state index in [9.17, 15) is 14.4 Å². The van der Waals surface area contributed by atoms with Gasteiger partial charge in [0.05, 0.1) is 11.6 Å². The van der Waals surface area contributed by atoms with E-state index in [1.165, 1.54) is 4.90 Å². The molecular weight excluding hydrogens is 430 g/mol. The van der Waals surface area contributed by atoms with Gasteiger partial charge in [-0.1, -0.05) is 78.9 Å². The van der Waals surface area contributed by atoms with Gasteiger partial charge in [-0.25, -0.2) is 9.59 Å². The van der Waals surface area contributed by atoms with E-state index in [0.717, 1.165) is 5.56 Å². The van der Waals surface area contributed by atoms with Crippen LogP contribution in [-0.2, 0) is 16.1 Å². The number of amides is 1. The van der Waals surface area contributed by atoms with Crippen molar-refractivity contribution in [2.75, 3.05) is 6.54 Å². The first kappa shape index (κ1) is 23.2. The van der Waals surface area contributed by atoms with Crippen molar-refractivity contribution in [2.24, 2.45) is 0 Å². The molecule has 1 aliphatic rings. The SMILES string of the molecule is O=C(C[C@@H]1[C@@H](OC(=O)c2ccccc2)CCCN1C(=O)OCc1ccccc1)c1ccccc1. The molecule has 0 radical (unpaired) electrons. The van der Waals surface area contributed by atoms with Crippen LogP contribution >= 0.6 is 0 Å². The van der Waals surface area contributed by atoms with Crippen LogP contribution in [0.15, 0.2) is 91.0 Å². The number of ketones is 1. The molecule has 1 fully saturated rings. The predicted octanol–water partition coefficient (Wildman–Crippen LogP) is 5.29. The van der Waals surface area contributed by atoms with E-state index < -0.39 is 24.2 Å². The molecule has 1 heterocycles. The molecule has 0 aliphatic carbocycles. The smallest absolute Gasteiger partial charge is 0.410 e. The van der Waals surface area contributed by atoms with Gasteiger partial charge >= 0.3 is 12.1 Å². The number of esters is 1. The van der Waals surface area contributed by atoms with E-state index >= 15 is 0 Å². The first-order valence-electron chi connectivity index (χ1n) is 11.4. The number of benzene rings is 3. The molecule has 34 heavy (non-hydrogen) atoms. The average molecular weight is 458 g/mol. The van der Waals surface area contributed by atoms with Crippen LogP contribution in [0, 0.1) is 0 Å². The summed E-state index contributed by atoms with van der Waals surface area (Å²) in [5, 5.41) is 0. The Morgan fingerprint density at radius 3 is 2.03 bits per heavy atom. The van der Waals surface area contributed by atoms with Crippen LogP contribution in [0.2, 0.25) is 0 Å². The number of carbonyl (C=O) groups is 3. The minimum atomic E-state index is -0.614. The third kappa shape index (κ3) is 5.90. The Balaban J connectivity index is 1.52. The molecule has 174 valence electrons. The zero-order chi connectivity index (χ0) is 23.8. The normalized spacial score (nSPS) is 17.6. The Bertz CT molecular complexity index is 1100. The Morgan fingerprint density at radius 1 is 0.794 bits per heavy atom. The lowest BCUT2D eigenvalue weighted by Crippen LogP contribution is -2.53. The highest BCUT2D eigenvalue weighted by Crippen LogP contribution is 2.26. The van der Waals surface area contributed by atoms with E-state index in [4.69, 9.17) is 9.47 Å². The number of Topliss-reactive ketones (excluding diaryl/α,β-unsaturated/α-hetero) is 1. The van der Waals surface area contributed by atoms with Crippen molar-refractivity contribution in [3.8, 4) is 0 Å². The lowest BCUT2D eigenvalue weighted by Gasteiger charge is -2.39. The molecule has 0 unspecified atom stereocenters. The first-order chi connectivity index (χ1) is 16.6. The highest BCUT2D eigenvalue weighted by molar-refractivity contribution is 5.96. The topological polar surface area (TPSA) is 72.9 Å². The van der Waals surface area contributed by atoms with Gasteiger partial charge in [-0.05, 0) is 30.5 Å². The third-order valence-electron chi connectivity index (χ3n) is 5.91. The minimum absolute atomic E-state index is 0.0389. The van der Waals surface area contributed by atoms with Crippen molar-refractivity contribution in [3.05, 3.63) is 108 Å². The van der Waals surface area contributed by atoms with Gasteiger partial charge in [0, 0.05) is 18.5 Å². The molecule has 0 aromatic heterocycles. The molecule has 0 saturated carbocycles. The Hall–Kier alpha value is -3.93. The summed E-state index contributed by atoms with van der Waals surface area (Å²) < 4.78 is 11.4. The molecule has 3 aromatic carbocycles. The van der Waals surface area contributed by atoms with Crippen molar-refractivity contribution < 1.29 is 23.9 Å². The summed E-state index contributed by atoms with van der Waals surface area (Å²) >= 11 is 0. The number of piperidine rings is 1. The summed E-state index contributed by atoms with van der Waals surface area (Å²) in [7, 11) is 0. The average Bonchev–Trinajstić information content (AvgIpc) is 2.89. The van der Waals surface area contributed by atoms with Crippen LogP contribution in [0.5, 0.6) is 0 Å². The standard InChI is InChI=1S/C28H27NO5/c30-25(22-13-6-2-7-14-22)19-24-26(34-27(31)23-15-8-3-9-16-23)17-10-18-29(24)28(32)33-20-21-11-4-1-5-12-21/h1-9,11-16,24,26H,10,17-20H2/t24-,26+/m1/s1. The van der Waals surface area contributed by atoms with Crippen molar-refractivity contribution in [2.45, 2.75) is 38.0 Å². The zero-order valence-corrected chi connectivity index (χ0v) is 18.8. The van der Waals surface area contributed by atoms with Crippen LogP contribution < -0.4 is 0 Å². The summed E-state index contributed by atoms with van der Waals surface area (Å²) in [6.07, 6.45) is 0.113. The largest absolute Gasteiger partial charge is 0.457 e. The van der Waals surface area contributed by atoms with Crippen LogP contribution in [0.4, 0.5) is 4.79 Å². The summed E-state index contributed by atoms with van der Waals surface area (Å²) in [5.41, 5.74) is 1.86. The fraction of sp³-hybridized carbons (Fsp3) is 0.250. The summed E-state index contributed by atoms with van der Waals surface area (Å²) in [6, 6.07) is 26.4. The van der Waals surface area contributed by atoms with E-state index in [-0.39, 0.29) is 18.8 Å². The number of rotatable bonds is 7. The number of hydrogen-bond donors (Lipinski definition) is 0. The Morgan fingerprint density at radius 2 is 1.38 bits per heavy atom. The van der Waals surface area contributed by atoms with Crippen LogP contribution in [0.1, 0.15) is 45.5 Å². The third-order valence-corrected chi connectivity index (χ3v) is 5.91. The zero-order valence-electron chi connectivity index (χ0n) is 18.8. The molecule has 6 nitrogen and oxygen atoms in total. The highest BCUT2D eigenvalue weighted by Gasteiger charge is 2.39. The molecule has 1 saturated heterocycles. The molecule has 3 aromatic rings. The van der Waals surface area contributed by atoms with E-state index in [1.807, 2.05) is 42.5 Å². The lowest BCUT2D eigenvalue weighted by atomic mass is 9.92. The molecule has 0 spiro atoms. The van der Waals surface area contributed by atoms with Crippen LogP contribution in [0.25, 0.3) is 0 Å². The van der Waals surface area contributed by atoms with Crippen molar-refractivity contribution in [3.63, 3.8) is 0 Å². The van der Waals surface area contributed by atoms with Gasteiger partial charge in [-0.3, -0.25) is 4.79 Å². The second-order valence-electron chi connectivity index (χ2n) is 8.25. The van der Waals surface area contributed by atoms with Gasteiger partial charge in [-0.15, -0.1) is 0 Å². The van der Waals surface area contributed by atoms with Crippen LogP contribution in [0.3, 0.4) is 0 Å². The van der Waals surface area contributed by atoms with Gasteiger partial charge in [0.1, 0.15) is 12.7 Å². The maximum atomic E-state index is 13.1. The molecule has 0 bridgehead atoms. The fourth-order valence-electron chi connectivity index (χ4n) is 4.14. The minimum Gasteiger partial charge on any atom is -0.457 e. The second kappa shape index (κ2) is 11.3. The number of ether oxygens (including phenoxy) is 2. The van der Waals surface area contributed by atoms with Crippen LogP contribution in [-0.4, -0.2) is 41.4 Å². The number of hydrogen-bond acceptors (Lipinski definition) is 5. The van der Waals surface area contributed by atoms with E-state index in [2.05, 4.69) is 0 Å². The molecule has 0 N–H and O–H groups in total. The van der Waals surface area contributed by atoms with Gasteiger partial charge in [0.25, 0.3) is 0 Å². The summed E-state index contributed by atoms with van der Waals surface area (Å²) in [6.45, 7) is 0.559. The predicted molar refractivity (Wildman–Crippen MR) is 127 cm³/mol. The van der Waals surface area contributed by atoms with Crippen molar-refractivity contribution in [1.82, 2.24) is 4.90 Å². The molecule has 2 atom stereocenters. The van der Waals surface area contributed by atoms with Crippen molar-refractivity contribution in [1.29, 1.82) is 0 Å². The molecular formula is C28H27NO5. The quantitative estimate of drug-likeness (QED) is 0.356. The summed E-state index contributed by atoms with van der Waals surface area (Å²) in [5.74, 6) is -0.587. The van der Waals surface area contributed by atoms with Gasteiger partial charge in [0.15, 0.2) is 5.78 Å². The van der Waals surface area contributed by atoms with E-state index in [1.54, 1.807) is 48.5 Å². The molecule has 1 aliphatic heterocycles. The molecule has 1 amide bonds. The second-order valence-corrected chi connectivity index (χ2v) is 8.25. The number of likely N-dealkylation sites (tertiary alicyclic amines) is 1. The van der Waals surface area contributed by atoms with Gasteiger partial charge < -0.3 is 14.4 Å². The van der Waals surface area contributed by atoms with Gasteiger partial charge in [-0.2, -0.15) is 0 Å². The number of carbonyl (C=O) groups excluding carboxylic acids is 3. The van der Waals surface area contributed by atoms with E-state index in [0.29, 0.717) is 30.5 Å². The van der Waals surface area contributed by atoms with Crippen molar-refractivity contribution >= 4 is 17.8 Å². The number of nitrogens with zero attached hydrogens (tertiary/aromatic N) is 1. The monoisotopic (exact) mass is 457 g/mol.